The Balaban J connectivity index is 1.53. The topological polar surface area (TPSA) is 84.0 Å². The Morgan fingerprint density at radius 2 is 1.79 bits per heavy atom. The summed E-state index contributed by atoms with van der Waals surface area (Å²) in [5, 5.41) is 2.63. The Morgan fingerprint density at radius 3 is 2.42 bits per heavy atom. The lowest BCUT2D eigenvalue weighted by Gasteiger charge is -2.63. The highest BCUT2D eigenvalue weighted by Crippen LogP contribution is 2.67. The Hall–Kier alpha value is -3.36. The van der Waals surface area contributed by atoms with Crippen molar-refractivity contribution in [1.29, 1.82) is 0 Å². The Bertz CT molecular complexity index is 1380. The van der Waals surface area contributed by atoms with Crippen LogP contribution in [0.5, 0.6) is 0 Å². The SMILES string of the molecule is C[C@@H](NC(=O)[C@@H](CC12CC(C1)C2)n1c(=O)[nH]c2ccc(F)cc2c1=O)c1ccc(F)cc1F. The number of carbonyl (C=O) groups is 1. The summed E-state index contributed by atoms with van der Waals surface area (Å²) < 4.78 is 42.1. The van der Waals surface area contributed by atoms with Gasteiger partial charge in [-0.3, -0.25) is 9.59 Å². The van der Waals surface area contributed by atoms with E-state index in [0.717, 1.165) is 48.1 Å². The molecule has 2 bridgehead atoms. The maximum atomic E-state index is 14.2. The molecule has 1 amide bonds. The number of nitrogens with zero attached hydrogens (tertiary/aromatic N) is 1. The minimum atomic E-state index is -1.15. The summed E-state index contributed by atoms with van der Waals surface area (Å²) in [6.45, 7) is 1.54. The molecule has 1 heterocycles. The Kier molecular flexibility index (Phi) is 4.95. The van der Waals surface area contributed by atoms with Gasteiger partial charge in [0.15, 0.2) is 0 Å². The first-order valence-corrected chi connectivity index (χ1v) is 10.9. The van der Waals surface area contributed by atoms with Gasteiger partial charge in [0.1, 0.15) is 23.5 Å². The lowest BCUT2D eigenvalue weighted by molar-refractivity contribution is -0.140. The molecule has 9 heteroatoms. The number of amides is 1. The number of aromatic amines is 1. The molecule has 1 aromatic heterocycles. The molecule has 3 saturated carbocycles. The van der Waals surface area contributed by atoms with Crippen molar-refractivity contribution in [3.05, 3.63) is 80.3 Å². The molecule has 3 fully saturated rings. The zero-order valence-electron chi connectivity index (χ0n) is 17.8. The van der Waals surface area contributed by atoms with Crippen LogP contribution in [-0.4, -0.2) is 15.5 Å². The van der Waals surface area contributed by atoms with E-state index in [1.807, 2.05) is 0 Å². The molecular formula is C24H22F3N3O3. The van der Waals surface area contributed by atoms with Crippen LogP contribution in [-0.2, 0) is 4.79 Å². The Labute approximate surface area is 186 Å². The van der Waals surface area contributed by atoms with Gasteiger partial charge >= 0.3 is 5.69 Å². The van der Waals surface area contributed by atoms with Crippen LogP contribution >= 0.6 is 0 Å². The molecule has 0 radical (unpaired) electrons. The van der Waals surface area contributed by atoms with Gasteiger partial charge in [0.05, 0.1) is 16.9 Å². The van der Waals surface area contributed by atoms with E-state index in [1.54, 1.807) is 0 Å². The largest absolute Gasteiger partial charge is 0.348 e. The van der Waals surface area contributed by atoms with Crippen molar-refractivity contribution in [3.63, 3.8) is 0 Å². The number of hydrogen-bond acceptors (Lipinski definition) is 3. The van der Waals surface area contributed by atoms with Gasteiger partial charge in [0, 0.05) is 11.6 Å². The highest BCUT2D eigenvalue weighted by Gasteiger charge is 2.57. The second kappa shape index (κ2) is 7.60. The number of rotatable bonds is 6. The minimum absolute atomic E-state index is 0.0392. The molecule has 6 nitrogen and oxygen atoms in total. The second-order valence-electron chi connectivity index (χ2n) is 9.39. The van der Waals surface area contributed by atoms with Crippen molar-refractivity contribution in [2.75, 3.05) is 0 Å². The van der Waals surface area contributed by atoms with Gasteiger partial charge in [-0.1, -0.05) is 6.07 Å². The molecule has 6 rings (SSSR count). The molecule has 0 saturated heterocycles. The number of hydrogen-bond donors (Lipinski definition) is 2. The average molecular weight is 457 g/mol. The summed E-state index contributed by atoms with van der Waals surface area (Å²) in [5.41, 5.74) is -1.39. The van der Waals surface area contributed by atoms with E-state index in [4.69, 9.17) is 0 Å². The van der Waals surface area contributed by atoms with Crippen LogP contribution in [0.4, 0.5) is 13.2 Å². The van der Waals surface area contributed by atoms with Crippen LogP contribution in [0.25, 0.3) is 10.9 Å². The molecular weight excluding hydrogens is 435 g/mol. The summed E-state index contributed by atoms with van der Waals surface area (Å²) in [6, 6.07) is 4.53. The standard InChI is InChI=1S/C24H22F3N3O3/c1-12(16-4-2-15(26)7-18(16)27)28-21(31)20(11-24-8-13(9-24)10-24)30-22(32)17-6-14(25)3-5-19(17)29-23(30)33/h2-7,12-13,20H,8-11H2,1H3,(H,28,31)(H,29,33)/t12-,13?,20-,24?/m1/s1. The van der Waals surface area contributed by atoms with Gasteiger partial charge in [-0.2, -0.15) is 0 Å². The number of H-pyrrole nitrogens is 1. The Morgan fingerprint density at radius 1 is 1.12 bits per heavy atom. The molecule has 33 heavy (non-hydrogen) atoms. The van der Waals surface area contributed by atoms with Crippen molar-refractivity contribution < 1.29 is 18.0 Å². The van der Waals surface area contributed by atoms with Crippen molar-refractivity contribution in [3.8, 4) is 0 Å². The monoisotopic (exact) mass is 457 g/mol. The van der Waals surface area contributed by atoms with E-state index < -0.39 is 46.7 Å². The van der Waals surface area contributed by atoms with Crippen LogP contribution < -0.4 is 16.6 Å². The third kappa shape index (κ3) is 3.65. The van der Waals surface area contributed by atoms with E-state index in [1.165, 1.54) is 19.1 Å². The predicted octanol–water partition coefficient (Wildman–Crippen LogP) is 3.72. The molecule has 0 spiro atoms. The van der Waals surface area contributed by atoms with E-state index in [-0.39, 0.29) is 28.3 Å². The van der Waals surface area contributed by atoms with Gasteiger partial charge in [0.25, 0.3) is 5.56 Å². The first-order chi connectivity index (χ1) is 15.7. The first-order valence-electron chi connectivity index (χ1n) is 10.9. The zero-order valence-corrected chi connectivity index (χ0v) is 17.8. The molecule has 3 aliphatic rings. The van der Waals surface area contributed by atoms with Crippen molar-refractivity contribution in [2.24, 2.45) is 11.3 Å². The van der Waals surface area contributed by atoms with Gasteiger partial charge in [0.2, 0.25) is 5.91 Å². The van der Waals surface area contributed by atoms with Crippen LogP contribution in [0.1, 0.15) is 50.3 Å². The van der Waals surface area contributed by atoms with E-state index in [2.05, 4.69) is 10.3 Å². The maximum absolute atomic E-state index is 14.2. The van der Waals surface area contributed by atoms with Gasteiger partial charge < -0.3 is 10.3 Å². The lowest BCUT2D eigenvalue weighted by Crippen LogP contribution is -2.55. The normalized spacial score (nSPS) is 22.8. The third-order valence-corrected chi connectivity index (χ3v) is 7.08. The number of halogens is 3. The minimum Gasteiger partial charge on any atom is -0.348 e. The van der Waals surface area contributed by atoms with Gasteiger partial charge in [-0.05, 0) is 68.2 Å². The summed E-state index contributed by atoms with van der Waals surface area (Å²) in [4.78, 5) is 42.0. The van der Waals surface area contributed by atoms with Crippen LogP contribution in [0, 0.1) is 28.8 Å². The fourth-order valence-electron chi connectivity index (χ4n) is 5.34. The molecule has 2 atom stereocenters. The lowest BCUT2D eigenvalue weighted by atomic mass is 9.43. The molecule has 3 aliphatic carbocycles. The molecule has 2 N–H and O–H groups in total. The molecule has 3 aromatic rings. The van der Waals surface area contributed by atoms with E-state index >= 15 is 0 Å². The molecule has 2 aromatic carbocycles. The summed E-state index contributed by atoms with van der Waals surface area (Å²) in [6.07, 6.45) is 3.05. The quantitative estimate of drug-likeness (QED) is 0.592. The number of fused-ring (bicyclic) bond motifs is 1. The first kappa shape index (κ1) is 21.5. The fraction of sp³-hybridized carbons (Fsp3) is 0.375. The third-order valence-electron chi connectivity index (χ3n) is 7.08. The molecule has 0 aliphatic heterocycles. The second-order valence-corrected chi connectivity index (χ2v) is 9.39. The summed E-state index contributed by atoms with van der Waals surface area (Å²) >= 11 is 0. The fourth-order valence-corrected chi connectivity index (χ4v) is 5.34. The van der Waals surface area contributed by atoms with Crippen LogP contribution in [0.15, 0.2) is 46.0 Å². The number of nitrogens with one attached hydrogen (secondary N) is 2. The highest BCUT2D eigenvalue weighted by atomic mass is 19.1. The van der Waals surface area contributed by atoms with Gasteiger partial charge in [-0.15, -0.1) is 0 Å². The highest BCUT2D eigenvalue weighted by molar-refractivity contribution is 5.82. The molecule has 0 unspecified atom stereocenters. The average Bonchev–Trinajstić information content (AvgIpc) is 2.68. The predicted molar refractivity (Wildman–Crippen MR) is 115 cm³/mol. The van der Waals surface area contributed by atoms with Gasteiger partial charge in [-0.25, -0.2) is 22.5 Å². The number of carbonyl (C=O) groups excluding carboxylic acids is 1. The van der Waals surface area contributed by atoms with E-state index in [0.29, 0.717) is 5.92 Å². The maximum Gasteiger partial charge on any atom is 0.329 e. The van der Waals surface area contributed by atoms with Crippen LogP contribution in [0.2, 0.25) is 0 Å². The smallest absolute Gasteiger partial charge is 0.329 e. The van der Waals surface area contributed by atoms with Crippen molar-refractivity contribution in [1.82, 2.24) is 14.9 Å². The van der Waals surface area contributed by atoms with Crippen molar-refractivity contribution >= 4 is 16.8 Å². The van der Waals surface area contributed by atoms with Crippen molar-refractivity contribution in [2.45, 2.75) is 44.7 Å². The van der Waals surface area contributed by atoms with Crippen LogP contribution in [0.3, 0.4) is 0 Å². The zero-order chi connectivity index (χ0) is 23.5. The molecule has 172 valence electrons. The number of benzene rings is 2. The number of aromatic nitrogens is 2. The summed E-state index contributed by atoms with van der Waals surface area (Å²) in [5.74, 6) is -2.20. The summed E-state index contributed by atoms with van der Waals surface area (Å²) in [7, 11) is 0. The van der Waals surface area contributed by atoms with E-state index in [9.17, 15) is 27.6 Å².